The van der Waals surface area contributed by atoms with Gasteiger partial charge in [0, 0.05) is 0 Å². The third-order valence-corrected chi connectivity index (χ3v) is 4.30. The van der Waals surface area contributed by atoms with Crippen molar-refractivity contribution in [1.82, 2.24) is 0 Å². The molecule has 0 unspecified atom stereocenters. The Balaban J connectivity index is 0.000000960. The monoisotopic (exact) mass is 389 g/mol. The van der Waals surface area contributed by atoms with Gasteiger partial charge in [-0.2, -0.15) is 6.07 Å². The Morgan fingerprint density at radius 1 is 0.750 bits per heavy atom. The second-order valence-corrected chi connectivity index (χ2v) is 5.55. The van der Waals surface area contributed by atoms with Crippen LogP contribution >= 0.6 is 0 Å². The first-order valence-electron chi connectivity index (χ1n) is 7.53. The molecule has 0 spiro atoms. The van der Waals surface area contributed by atoms with Gasteiger partial charge in [-0.25, -0.2) is 0 Å². The van der Waals surface area contributed by atoms with Crippen LogP contribution in [0.2, 0.25) is 0 Å². The van der Waals surface area contributed by atoms with Crippen LogP contribution < -0.4 is 0 Å². The minimum Gasteiger partial charge on any atom is -0.358 e. The molecular weight excluding hydrogens is 367 g/mol. The first kappa shape index (κ1) is 20.5. The van der Waals surface area contributed by atoms with Crippen molar-refractivity contribution in [1.29, 1.82) is 0 Å². The summed E-state index contributed by atoms with van der Waals surface area (Å²) >= 11 is 0. The smallest absolute Gasteiger partial charge is 0.358 e. The summed E-state index contributed by atoms with van der Waals surface area (Å²) in [6, 6.07) is 26.5. The standard InChI is InChI=1S/C21H17.2CH3.Zr/c1-2-15-13-17-9-6-12-20(21(17)14-15)19-11-5-8-16-7-3-4-10-18(16)19;;;/h3-14H,2H2,1H3;2*1H3;/q3*-1;+3. The van der Waals surface area contributed by atoms with Crippen LogP contribution in [0, 0.1) is 14.9 Å². The van der Waals surface area contributed by atoms with Gasteiger partial charge in [0.2, 0.25) is 0 Å². The predicted molar refractivity (Wildman–Crippen MR) is 105 cm³/mol. The van der Waals surface area contributed by atoms with E-state index in [4.69, 9.17) is 0 Å². The predicted octanol–water partition coefficient (Wildman–Crippen LogP) is 6.84. The minimum absolute atomic E-state index is 0. The van der Waals surface area contributed by atoms with Crippen molar-refractivity contribution in [2.45, 2.75) is 13.3 Å². The van der Waals surface area contributed by atoms with Crippen LogP contribution in [-0.4, -0.2) is 0 Å². The van der Waals surface area contributed by atoms with Crippen molar-refractivity contribution < 1.29 is 26.2 Å². The molecule has 0 aliphatic heterocycles. The molecule has 0 fully saturated rings. The van der Waals surface area contributed by atoms with E-state index in [1.54, 1.807) is 0 Å². The summed E-state index contributed by atoms with van der Waals surface area (Å²) in [5, 5.41) is 5.34. The molecule has 1 radical (unpaired) electrons. The first-order chi connectivity index (χ1) is 10.4. The van der Waals surface area contributed by atoms with E-state index >= 15 is 0 Å². The van der Waals surface area contributed by atoms with Crippen LogP contribution in [0.4, 0.5) is 0 Å². The molecule has 4 rings (SSSR count). The average molecular weight is 391 g/mol. The Kier molecular flexibility index (Phi) is 7.24. The largest absolute Gasteiger partial charge is 3.00 e. The van der Waals surface area contributed by atoms with E-state index in [1.807, 2.05) is 0 Å². The van der Waals surface area contributed by atoms with Gasteiger partial charge >= 0.3 is 26.2 Å². The molecule has 1 heteroatoms. The number of fused-ring (bicyclic) bond motifs is 2. The molecule has 0 saturated carbocycles. The molecule has 0 aromatic heterocycles. The van der Waals surface area contributed by atoms with Gasteiger partial charge < -0.3 is 14.9 Å². The number of hydrogen-bond donors (Lipinski definition) is 0. The summed E-state index contributed by atoms with van der Waals surface area (Å²) in [6.07, 6.45) is 1.09. The van der Waals surface area contributed by atoms with Crippen LogP contribution in [0.25, 0.3) is 32.7 Å². The van der Waals surface area contributed by atoms with Gasteiger partial charge in [0.25, 0.3) is 0 Å². The Morgan fingerprint density at radius 3 is 2.12 bits per heavy atom. The topological polar surface area (TPSA) is 0 Å². The SMILES string of the molecule is CCc1cc2c(-c3cccc4ccccc34)cccc2[cH-]1.[CH3-].[CH3-].[Zr+3]. The molecule has 0 amide bonds. The summed E-state index contributed by atoms with van der Waals surface area (Å²) in [4.78, 5) is 0. The van der Waals surface area contributed by atoms with Gasteiger partial charge in [-0.1, -0.05) is 61.0 Å². The molecule has 4 aromatic rings. The Labute approximate surface area is 165 Å². The molecule has 0 bridgehead atoms. The van der Waals surface area contributed by atoms with Crippen LogP contribution in [-0.2, 0) is 32.6 Å². The molecule has 0 atom stereocenters. The zero-order chi connectivity index (χ0) is 14.2. The fourth-order valence-electron chi connectivity index (χ4n) is 3.20. The van der Waals surface area contributed by atoms with E-state index in [2.05, 4.69) is 79.7 Å². The zero-order valence-electron chi connectivity index (χ0n) is 14.6. The molecule has 119 valence electrons. The second kappa shape index (κ2) is 8.49. The van der Waals surface area contributed by atoms with E-state index in [1.165, 1.54) is 38.2 Å². The summed E-state index contributed by atoms with van der Waals surface area (Å²) in [5.74, 6) is 0. The summed E-state index contributed by atoms with van der Waals surface area (Å²) in [7, 11) is 0. The number of hydrogen-bond acceptors (Lipinski definition) is 0. The van der Waals surface area contributed by atoms with E-state index in [0.29, 0.717) is 0 Å². The Morgan fingerprint density at radius 2 is 1.38 bits per heavy atom. The fourth-order valence-corrected chi connectivity index (χ4v) is 3.20. The van der Waals surface area contributed by atoms with Gasteiger partial charge in [0.15, 0.2) is 0 Å². The van der Waals surface area contributed by atoms with Crippen LogP contribution in [0.5, 0.6) is 0 Å². The Hall–Kier alpha value is -1.59. The number of benzene rings is 3. The van der Waals surface area contributed by atoms with Crippen molar-refractivity contribution in [2.24, 2.45) is 0 Å². The van der Waals surface area contributed by atoms with E-state index in [-0.39, 0.29) is 41.1 Å². The maximum Gasteiger partial charge on any atom is 3.00 e. The van der Waals surface area contributed by atoms with E-state index in [0.717, 1.165) is 6.42 Å². The van der Waals surface area contributed by atoms with Crippen molar-refractivity contribution in [3.05, 3.63) is 93.2 Å². The van der Waals surface area contributed by atoms with Crippen molar-refractivity contribution >= 4 is 21.5 Å². The molecular formula is C23H23Zr. The fraction of sp³-hybridized carbons (Fsp3) is 0.0870. The van der Waals surface area contributed by atoms with Gasteiger partial charge in [-0.3, -0.25) is 0 Å². The van der Waals surface area contributed by atoms with Gasteiger partial charge in [0.1, 0.15) is 0 Å². The first-order valence-corrected chi connectivity index (χ1v) is 7.53. The van der Waals surface area contributed by atoms with Crippen molar-refractivity contribution in [3.8, 4) is 11.1 Å². The number of rotatable bonds is 2. The minimum atomic E-state index is 0. The summed E-state index contributed by atoms with van der Waals surface area (Å²) in [6.45, 7) is 2.21. The van der Waals surface area contributed by atoms with Gasteiger partial charge in [-0.05, 0) is 22.8 Å². The third kappa shape index (κ3) is 3.42. The normalized spacial score (nSPS) is 9.88. The van der Waals surface area contributed by atoms with Crippen LogP contribution in [0.15, 0.2) is 72.8 Å². The molecule has 24 heavy (non-hydrogen) atoms. The summed E-state index contributed by atoms with van der Waals surface area (Å²) in [5.41, 5.74) is 4.08. The van der Waals surface area contributed by atoms with E-state index < -0.39 is 0 Å². The van der Waals surface area contributed by atoms with E-state index in [9.17, 15) is 0 Å². The molecule has 0 saturated heterocycles. The van der Waals surface area contributed by atoms with Crippen LogP contribution in [0.3, 0.4) is 0 Å². The number of aryl methyl sites for hydroxylation is 1. The van der Waals surface area contributed by atoms with Crippen molar-refractivity contribution in [3.63, 3.8) is 0 Å². The summed E-state index contributed by atoms with van der Waals surface area (Å²) < 4.78 is 0. The maximum absolute atomic E-state index is 2.34. The second-order valence-electron chi connectivity index (χ2n) is 5.55. The molecule has 4 aromatic carbocycles. The van der Waals surface area contributed by atoms with Gasteiger partial charge in [-0.15, -0.1) is 34.5 Å². The molecule has 0 heterocycles. The van der Waals surface area contributed by atoms with Gasteiger partial charge in [0.05, 0.1) is 0 Å². The zero-order valence-corrected chi connectivity index (χ0v) is 17.1. The quantitative estimate of drug-likeness (QED) is 0.329. The molecule has 0 nitrogen and oxygen atoms in total. The van der Waals surface area contributed by atoms with Crippen molar-refractivity contribution in [2.75, 3.05) is 0 Å². The van der Waals surface area contributed by atoms with Crippen LogP contribution in [0.1, 0.15) is 12.5 Å². The average Bonchev–Trinajstić information content (AvgIpc) is 2.97. The molecule has 0 aliphatic rings. The Bertz CT molecular complexity index is 926. The third-order valence-electron chi connectivity index (χ3n) is 4.30. The molecule has 0 N–H and O–H groups in total. The maximum atomic E-state index is 2.34. The molecule has 0 aliphatic carbocycles.